The van der Waals surface area contributed by atoms with Gasteiger partial charge >= 0.3 is 12.1 Å². The van der Waals surface area contributed by atoms with Crippen molar-refractivity contribution in [2.45, 2.75) is 71.4 Å². The van der Waals surface area contributed by atoms with Gasteiger partial charge in [-0.2, -0.15) is 5.21 Å². The van der Waals surface area contributed by atoms with E-state index in [4.69, 9.17) is 9.47 Å². The van der Waals surface area contributed by atoms with Crippen molar-refractivity contribution in [3.8, 4) is 28.3 Å². The molecule has 1 aromatic heterocycles. The number of tetrazole rings is 1. The lowest BCUT2D eigenvalue weighted by Gasteiger charge is -2.29. The topological polar surface area (TPSA) is 198 Å². The molecule has 3 aromatic carbocycles. The minimum atomic E-state index is -1.02. The quantitative estimate of drug-likeness (QED) is 0.124. The third-order valence-electron chi connectivity index (χ3n) is 9.01. The lowest BCUT2D eigenvalue weighted by atomic mass is 9.81. The molecule has 0 radical (unpaired) electrons. The van der Waals surface area contributed by atoms with Gasteiger partial charge < -0.3 is 30.5 Å². The van der Waals surface area contributed by atoms with Gasteiger partial charge in [-0.3, -0.25) is 9.59 Å². The number of hydrogen-bond acceptors (Lipinski definition) is 9. The number of anilines is 1. The molecule has 0 spiro atoms. The Hall–Kier alpha value is -5.79. The van der Waals surface area contributed by atoms with Crippen molar-refractivity contribution < 1.29 is 33.8 Å². The zero-order valence-corrected chi connectivity index (χ0v) is 30.0. The summed E-state index contributed by atoms with van der Waals surface area (Å²) in [4.78, 5) is 51.3. The molecule has 0 aliphatic heterocycles. The van der Waals surface area contributed by atoms with E-state index in [-0.39, 0.29) is 29.7 Å². The Labute approximate surface area is 302 Å². The number of H-pyrrole nitrogens is 1. The number of carboxylic acid groups (broad SMARTS) is 1. The molecule has 274 valence electrons. The summed E-state index contributed by atoms with van der Waals surface area (Å²) in [7, 11) is 1.56. The molecule has 1 fully saturated rings. The van der Waals surface area contributed by atoms with Gasteiger partial charge in [-0.15, -0.1) is 10.2 Å². The third-order valence-corrected chi connectivity index (χ3v) is 9.01. The summed E-state index contributed by atoms with van der Waals surface area (Å²) in [5, 5.41) is 32.2. The molecule has 0 unspecified atom stereocenters. The van der Waals surface area contributed by atoms with E-state index in [1.807, 2.05) is 39.8 Å². The van der Waals surface area contributed by atoms with Gasteiger partial charge in [-0.05, 0) is 130 Å². The first-order valence-electron chi connectivity index (χ1n) is 17.2. The fourth-order valence-electron chi connectivity index (χ4n) is 6.31. The smallest absolute Gasteiger partial charge is 0.407 e. The average Bonchev–Trinajstić information content (AvgIpc) is 3.65. The molecule has 52 heavy (non-hydrogen) atoms. The Kier molecular flexibility index (Phi) is 11.9. The monoisotopic (exact) mass is 711 g/mol. The standard InChI is InChI=1S/C38H45N7O7/c1-22-18-27(36(48)49)13-16-29(22)30-19-24(8-17-32(30)51-5)20-31(35(47)40-28-14-11-25(12-15-28)33-42-44-45-43-33)41-34(46)26-9-6-23(7-10-26)21-39-37(50)52-38(2,3)4/h8,11-19,23,26,31H,6-7,9-10,20-21H2,1-5H3,(H,39,50)(H,40,47)(H,41,46)(H,48,49)(H,42,43,44,45)/t23?,26?,31-/m0/s1. The minimum Gasteiger partial charge on any atom is -0.496 e. The second-order valence-electron chi connectivity index (χ2n) is 14.0. The van der Waals surface area contributed by atoms with Crippen LogP contribution in [0.2, 0.25) is 0 Å². The SMILES string of the molecule is COc1ccc(C[C@H](NC(=O)C2CCC(CNC(=O)OC(C)(C)C)CC2)C(=O)Nc2ccc(-c3nn[nH]n3)cc2)cc1-c1ccc(C(=O)O)cc1C. The molecule has 1 heterocycles. The molecule has 0 saturated heterocycles. The molecule has 5 N–H and O–H groups in total. The number of aromatic carboxylic acids is 1. The number of carboxylic acids is 1. The van der Waals surface area contributed by atoms with Gasteiger partial charge in [0, 0.05) is 35.7 Å². The molecule has 1 aliphatic rings. The van der Waals surface area contributed by atoms with E-state index in [0.29, 0.717) is 42.2 Å². The van der Waals surface area contributed by atoms with E-state index >= 15 is 0 Å². The first-order chi connectivity index (χ1) is 24.8. The lowest BCUT2D eigenvalue weighted by Crippen LogP contribution is -2.48. The predicted octanol–water partition coefficient (Wildman–Crippen LogP) is 5.55. The molecule has 1 atom stereocenters. The zero-order valence-electron chi connectivity index (χ0n) is 30.0. The number of nitrogens with zero attached hydrogens (tertiary/aromatic N) is 3. The number of aromatic nitrogens is 4. The van der Waals surface area contributed by atoms with E-state index in [1.165, 1.54) is 0 Å². The highest BCUT2D eigenvalue weighted by Gasteiger charge is 2.30. The van der Waals surface area contributed by atoms with Crippen LogP contribution in [-0.4, -0.2) is 74.9 Å². The van der Waals surface area contributed by atoms with Crippen molar-refractivity contribution in [2.75, 3.05) is 19.0 Å². The van der Waals surface area contributed by atoms with Crippen molar-refractivity contribution >= 4 is 29.6 Å². The summed E-state index contributed by atoms with van der Waals surface area (Å²) in [6.45, 7) is 7.74. The third kappa shape index (κ3) is 9.92. The van der Waals surface area contributed by atoms with Crippen LogP contribution >= 0.6 is 0 Å². The molecular weight excluding hydrogens is 666 g/mol. The normalized spacial score (nSPS) is 16.3. The molecule has 3 amide bonds. The summed E-state index contributed by atoms with van der Waals surface area (Å²) in [6, 6.07) is 16.5. The second-order valence-corrected chi connectivity index (χ2v) is 14.0. The number of aryl methyl sites for hydroxylation is 1. The van der Waals surface area contributed by atoms with Crippen molar-refractivity contribution in [1.29, 1.82) is 0 Å². The summed E-state index contributed by atoms with van der Waals surface area (Å²) in [6.07, 6.45) is 2.46. The number of methoxy groups -OCH3 is 1. The van der Waals surface area contributed by atoms with E-state index in [9.17, 15) is 24.3 Å². The number of amides is 3. The number of benzene rings is 3. The van der Waals surface area contributed by atoms with Crippen LogP contribution in [0.3, 0.4) is 0 Å². The molecule has 0 bridgehead atoms. The maximum atomic E-state index is 13.9. The van der Waals surface area contributed by atoms with Crippen LogP contribution in [0.15, 0.2) is 60.7 Å². The summed E-state index contributed by atoms with van der Waals surface area (Å²) in [5.74, 6) is -0.687. The van der Waals surface area contributed by atoms with Crippen LogP contribution < -0.4 is 20.7 Å². The Morgan fingerprint density at radius 3 is 2.31 bits per heavy atom. The lowest BCUT2D eigenvalue weighted by molar-refractivity contribution is -0.130. The zero-order chi connectivity index (χ0) is 37.4. The Morgan fingerprint density at radius 2 is 1.69 bits per heavy atom. The van der Waals surface area contributed by atoms with Gasteiger partial charge in [0.1, 0.15) is 17.4 Å². The number of hydrogen-bond donors (Lipinski definition) is 5. The molecule has 1 saturated carbocycles. The molecule has 1 aliphatic carbocycles. The minimum absolute atomic E-state index is 0.175. The van der Waals surface area contributed by atoms with Crippen molar-refractivity contribution in [3.05, 3.63) is 77.4 Å². The van der Waals surface area contributed by atoms with Gasteiger partial charge in [-0.1, -0.05) is 12.1 Å². The molecule has 4 aromatic rings. The summed E-state index contributed by atoms with van der Waals surface area (Å²) < 4.78 is 11.0. The highest BCUT2D eigenvalue weighted by atomic mass is 16.6. The molecule has 14 nitrogen and oxygen atoms in total. The molecule has 5 rings (SSSR count). The molecular formula is C38H45N7O7. The van der Waals surface area contributed by atoms with Gasteiger partial charge in [0.2, 0.25) is 17.6 Å². The Morgan fingerprint density at radius 1 is 0.962 bits per heavy atom. The Balaban J connectivity index is 1.32. The summed E-state index contributed by atoms with van der Waals surface area (Å²) >= 11 is 0. The molecule has 14 heteroatoms. The van der Waals surface area contributed by atoms with E-state index in [2.05, 4.69) is 36.6 Å². The van der Waals surface area contributed by atoms with Crippen LogP contribution in [0.1, 0.15) is 67.9 Å². The number of ether oxygens (including phenoxy) is 2. The van der Waals surface area contributed by atoms with Gasteiger partial charge in [0.15, 0.2) is 0 Å². The highest BCUT2D eigenvalue weighted by molar-refractivity contribution is 5.98. The predicted molar refractivity (Wildman–Crippen MR) is 194 cm³/mol. The Bertz CT molecular complexity index is 1880. The number of nitrogens with one attached hydrogen (secondary N) is 4. The number of rotatable bonds is 12. The fraction of sp³-hybridized carbons (Fsp3) is 0.395. The van der Waals surface area contributed by atoms with Crippen molar-refractivity contribution in [3.63, 3.8) is 0 Å². The van der Waals surface area contributed by atoms with Crippen molar-refractivity contribution in [1.82, 2.24) is 31.3 Å². The summed E-state index contributed by atoms with van der Waals surface area (Å²) in [5.41, 5.74) is 3.87. The van der Waals surface area contributed by atoms with E-state index < -0.39 is 29.6 Å². The highest BCUT2D eigenvalue weighted by Crippen LogP contribution is 2.34. The number of aromatic amines is 1. The average molecular weight is 712 g/mol. The van der Waals surface area contributed by atoms with Crippen molar-refractivity contribution in [2.24, 2.45) is 11.8 Å². The fourth-order valence-corrected chi connectivity index (χ4v) is 6.31. The van der Waals surface area contributed by atoms with Crippen LogP contribution in [0.5, 0.6) is 5.75 Å². The van der Waals surface area contributed by atoms with Crippen LogP contribution in [-0.2, 0) is 20.7 Å². The van der Waals surface area contributed by atoms with Crippen LogP contribution in [0.25, 0.3) is 22.5 Å². The van der Waals surface area contributed by atoms with E-state index in [1.54, 1.807) is 55.6 Å². The van der Waals surface area contributed by atoms with E-state index in [0.717, 1.165) is 35.1 Å². The van der Waals surface area contributed by atoms with Gasteiger partial charge in [-0.25, -0.2) is 9.59 Å². The maximum Gasteiger partial charge on any atom is 0.407 e. The number of alkyl carbamates (subject to hydrolysis) is 1. The largest absolute Gasteiger partial charge is 0.496 e. The number of carbonyl (C=O) groups is 4. The van der Waals surface area contributed by atoms with Gasteiger partial charge in [0.25, 0.3) is 0 Å². The maximum absolute atomic E-state index is 13.9. The first-order valence-corrected chi connectivity index (χ1v) is 17.2. The first kappa shape index (κ1) is 37.5. The van der Waals surface area contributed by atoms with Gasteiger partial charge in [0.05, 0.1) is 12.7 Å². The second kappa shape index (κ2) is 16.5. The van der Waals surface area contributed by atoms with Crippen LogP contribution in [0.4, 0.5) is 10.5 Å². The van der Waals surface area contributed by atoms with Crippen LogP contribution in [0, 0.1) is 18.8 Å². The number of carbonyl (C=O) groups excluding carboxylic acids is 3.